The molecule has 5 aromatic heterocycles. The van der Waals surface area contributed by atoms with Crippen LogP contribution in [0, 0.1) is 68.6 Å². The van der Waals surface area contributed by atoms with E-state index >= 15 is 0 Å². The average Bonchev–Trinajstić information content (AvgIpc) is 1.44. The molecule has 10 aliphatic rings. The molecule has 20 rings (SSSR count). The van der Waals surface area contributed by atoms with Gasteiger partial charge in [-0.15, -0.1) is 0 Å². The highest BCUT2D eigenvalue weighted by molar-refractivity contribution is 9.10. The molecule has 10 atom stereocenters. The van der Waals surface area contributed by atoms with E-state index in [4.69, 9.17) is 188 Å². The number of hydrogen-bond acceptors (Lipinski definition) is 26. The summed E-state index contributed by atoms with van der Waals surface area (Å²) in [5.74, 6) is 6.55. The van der Waals surface area contributed by atoms with Crippen LogP contribution in [0.15, 0.2) is 132 Å². The minimum absolute atomic E-state index is 0.0132. The summed E-state index contributed by atoms with van der Waals surface area (Å²) in [5, 5.41) is 3.32. The number of ether oxygens (including phenoxy) is 6. The quantitative estimate of drug-likeness (QED) is 0.0803. The SMILES string of the molecule is COc1cccc(-n2c(C)nc(N3CCC4(CC3)CO[C@@H](C)[C@H]4N)cc2=O)c1Cl.Cc1c(N2CCC3(CC2)CO[C@@H](C)[C@H]3N)nc(C)n(-c2cccc(Cl)c2Cl)c1=O.Cc1nc(N2CCC3(CC2)CO[C@@H](C)[C@H]3N)c(Br)c(=O)n1-c1cccc(Cl)c1Cl.Cc1nc(N2CCC3(CC2)CO[C@@H](C)[C@H]3N)c(Cl)c(=O)n1-c1cccc(Cl)c1Cl.Cc1nc(N2CCC3(CC2)CO[C@@H](C)[C@H]3N)cc(=O)n1-c1cccc(Cl)c1Cl. The van der Waals surface area contributed by atoms with Crippen molar-refractivity contribution in [3.8, 4) is 34.2 Å². The zero-order chi connectivity index (χ0) is 104. The molecule has 42 heteroatoms. The largest absolute Gasteiger partial charge is 0.495 e. The number of hydrogen-bond donors (Lipinski definition) is 5. The highest BCUT2D eigenvalue weighted by Crippen LogP contribution is 2.49. The monoisotopic (exact) mass is 2230 g/mol. The molecule has 0 unspecified atom stereocenters. The van der Waals surface area contributed by atoms with Crippen molar-refractivity contribution in [3.63, 3.8) is 0 Å². The summed E-state index contributed by atoms with van der Waals surface area (Å²) in [4.78, 5) is 99.5. The molecule has 0 aliphatic carbocycles. The van der Waals surface area contributed by atoms with Crippen LogP contribution in [-0.2, 0) is 23.7 Å². The second-order valence-electron chi connectivity index (χ2n) is 39.8. The number of methoxy groups -OCH3 is 1. The average molecular weight is 2240 g/mol. The fourth-order valence-corrected chi connectivity index (χ4v) is 24.8. The molecule has 10 saturated heterocycles. The molecule has 15 heterocycles. The van der Waals surface area contributed by atoms with Crippen LogP contribution < -0.4 is 85.7 Å². The van der Waals surface area contributed by atoms with Crippen molar-refractivity contribution in [1.29, 1.82) is 0 Å². The second kappa shape index (κ2) is 44.4. The van der Waals surface area contributed by atoms with Crippen molar-refractivity contribution < 1.29 is 28.4 Å². The third kappa shape index (κ3) is 21.1. The van der Waals surface area contributed by atoms with Crippen LogP contribution in [0.3, 0.4) is 0 Å². The molecule has 10 aliphatic heterocycles. The summed E-state index contributed by atoms with van der Waals surface area (Å²) in [6, 6.07) is 29.5. The Kier molecular flexibility index (Phi) is 33.6. The van der Waals surface area contributed by atoms with Gasteiger partial charge in [-0.1, -0.05) is 146 Å². The maximum Gasteiger partial charge on any atom is 0.279 e. The van der Waals surface area contributed by atoms with Crippen molar-refractivity contribution in [2.45, 2.75) is 201 Å². The lowest BCUT2D eigenvalue weighted by Crippen LogP contribution is -2.51. The lowest BCUT2D eigenvalue weighted by Gasteiger charge is -2.42. The number of nitrogens with two attached hydrogens (primary N) is 5. The smallest absolute Gasteiger partial charge is 0.279 e. The number of benzene rings is 5. The molecule has 774 valence electrons. The molecule has 0 amide bonds. The van der Waals surface area contributed by atoms with Crippen molar-refractivity contribution in [1.82, 2.24) is 47.8 Å². The number of nitrogens with zero attached hydrogens (tertiary/aromatic N) is 15. The number of aryl methyl sites for hydroxylation is 5. The van der Waals surface area contributed by atoms with E-state index in [9.17, 15) is 24.0 Å². The summed E-state index contributed by atoms with van der Waals surface area (Å²) < 4.78 is 42.1. The maximum atomic E-state index is 13.2. The summed E-state index contributed by atoms with van der Waals surface area (Å²) >= 11 is 66.2. The van der Waals surface area contributed by atoms with Gasteiger partial charge < -0.3 is 81.6 Å². The van der Waals surface area contributed by atoms with E-state index < -0.39 is 0 Å². The normalized spacial score (nSPS) is 23.8. The fourth-order valence-electron chi connectivity index (χ4n) is 22.2. The molecular formula is C102H123BrCl10N20O11. The number of rotatable bonds is 11. The standard InChI is InChI=1S/C21H26Cl2N4O2.C21H27ClN4O3.C20H23BrCl2N4O2.C20H23Cl3N4O2.C20H24Cl2N4O2/c1-12-19(26-9-7-21(8-10-26)11-29-13(2)18(21)24)25-14(3)27(20(12)28)16-6-4-5-15(22)17(16)23;1-13-20(23)21(12-29-13)7-9-25(10-8-21)17-11-18(27)26(14(2)24-17)15-5-4-6-16(28-3)19(15)22;1-11-17(24)20(10-29-11)6-8-26(9-7-20)18-15(21)19(28)27(12(2)25-18)14-5-3-4-13(22)16(14)23;1-11-17(24)20(10-29-11)6-8-26(9-7-20)18-16(23)19(28)27(12(2)25-18)14-5-3-4-13(21)15(14)22;1-12-19(23)20(11-28-12)6-8-25(9-7-20)16-10-17(27)26(13(2)24-16)15-5-3-4-14(21)18(15)22/h4-6,13,18H,7-11,24H2,1-3H3;4-6,11,13,20H,7-10,12,23H2,1-3H3;2*3-5,11,17H,6-10,24H2,1-2H3;3-5,10,12,19H,6-9,11,23H2,1-2H3/t13-,18+;13-,20+;2*11-,17+;12-,19+/m00000/s1. The first kappa shape index (κ1) is 109. The first-order chi connectivity index (χ1) is 68.4. The molecule has 10 aromatic rings. The topological polar surface area (TPSA) is 376 Å². The van der Waals surface area contributed by atoms with Gasteiger partial charge in [0.05, 0.1) is 145 Å². The minimum atomic E-state index is -0.367. The van der Waals surface area contributed by atoms with Crippen LogP contribution in [0.5, 0.6) is 5.75 Å². The third-order valence-corrected chi connectivity index (χ3v) is 36.3. The molecule has 0 bridgehead atoms. The maximum absolute atomic E-state index is 13.2. The van der Waals surface area contributed by atoms with Crippen molar-refractivity contribution in [2.75, 3.05) is 130 Å². The van der Waals surface area contributed by atoms with E-state index in [0.29, 0.717) is 170 Å². The van der Waals surface area contributed by atoms with E-state index in [0.717, 1.165) is 135 Å². The van der Waals surface area contributed by atoms with Crippen molar-refractivity contribution in [3.05, 3.63) is 244 Å². The van der Waals surface area contributed by atoms with Gasteiger partial charge in [-0.05, 0) is 217 Å². The molecule has 0 saturated carbocycles. The van der Waals surface area contributed by atoms with E-state index in [1.54, 1.807) is 131 Å². The first-order valence-corrected chi connectivity index (χ1v) is 53.1. The van der Waals surface area contributed by atoms with Crippen LogP contribution in [0.25, 0.3) is 28.4 Å². The predicted octanol–water partition coefficient (Wildman–Crippen LogP) is 17.0. The fraction of sp³-hybridized carbons (Fsp3) is 0.510. The zero-order valence-corrected chi connectivity index (χ0v) is 91.7. The summed E-state index contributed by atoms with van der Waals surface area (Å²) in [6.45, 7) is 32.3. The minimum Gasteiger partial charge on any atom is -0.495 e. The number of aromatic nitrogens is 10. The van der Waals surface area contributed by atoms with Crippen molar-refractivity contribution >= 4 is 161 Å². The van der Waals surface area contributed by atoms with Gasteiger partial charge >= 0.3 is 0 Å². The van der Waals surface area contributed by atoms with Crippen LogP contribution in [0.2, 0.25) is 50.2 Å². The Morgan fingerprint density at radius 1 is 0.319 bits per heavy atom. The van der Waals surface area contributed by atoms with Crippen LogP contribution >= 0.6 is 132 Å². The van der Waals surface area contributed by atoms with Gasteiger partial charge in [-0.2, -0.15) is 0 Å². The van der Waals surface area contributed by atoms with Gasteiger partial charge in [0.25, 0.3) is 27.8 Å². The Morgan fingerprint density at radius 2 is 0.569 bits per heavy atom. The molecule has 144 heavy (non-hydrogen) atoms. The van der Waals surface area contributed by atoms with Gasteiger partial charge in [0.1, 0.15) is 66.8 Å². The lowest BCUT2D eigenvalue weighted by atomic mass is 9.73. The van der Waals surface area contributed by atoms with E-state index in [2.05, 4.69) is 50.4 Å². The van der Waals surface area contributed by atoms with Gasteiger partial charge in [0.2, 0.25) is 0 Å². The highest BCUT2D eigenvalue weighted by Gasteiger charge is 2.53. The number of halogens is 11. The summed E-state index contributed by atoms with van der Waals surface area (Å²) in [5.41, 5.74) is 34.3. The van der Waals surface area contributed by atoms with Gasteiger partial charge in [0, 0.05) is 135 Å². The first-order valence-electron chi connectivity index (χ1n) is 48.5. The Labute approximate surface area is 895 Å². The molecule has 10 fully saturated rings. The molecule has 10 N–H and O–H groups in total. The zero-order valence-electron chi connectivity index (χ0n) is 82.5. The third-order valence-electron chi connectivity index (χ3n) is 31.6. The molecule has 5 aromatic carbocycles. The Bertz CT molecular complexity index is 6390. The molecule has 31 nitrogen and oxygen atoms in total. The van der Waals surface area contributed by atoms with Crippen molar-refractivity contribution in [2.24, 2.45) is 55.7 Å². The lowest BCUT2D eigenvalue weighted by molar-refractivity contribution is 0.0973. The Balaban J connectivity index is 0.000000129. The molecule has 5 spiro atoms. The Hall–Kier alpha value is -7.72. The van der Waals surface area contributed by atoms with E-state index in [-0.39, 0.29) is 126 Å². The Morgan fingerprint density at radius 3 is 0.868 bits per heavy atom. The van der Waals surface area contributed by atoms with E-state index in [1.807, 2.05) is 55.4 Å². The van der Waals surface area contributed by atoms with E-state index in [1.165, 1.54) is 22.8 Å². The second-order valence-corrected chi connectivity index (χ2v) is 44.5. The van der Waals surface area contributed by atoms with Crippen LogP contribution in [-0.4, -0.2) is 214 Å². The number of piperidine rings is 5. The van der Waals surface area contributed by atoms with Crippen LogP contribution in [0.1, 0.15) is 134 Å². The molecular weight excluding hydrogens is 2120 g/mol. The summed E-state index contributed by atoms with van der Waals surface area (Å²) in [6.07, 6.45) is 9.60. The number of anilines is 5. The predicted molar refractivity (Wildman–Crippen MR) is 578 cm³/mol. The molecule has 0 radical (unpaired) electrons. The van der Waals surface area contributed by atoms with Gasteiger partial charge in [-0.25, -0.2) is 24.9 Å². The summed E-state index contributed by atoms with van der Waals surface area (Å²) in [7, 11) is 1.55. The van der Waals surface area contributed by atoms with Crippen LogP contribution in [0.4, 0.5) is 29.1 Å². The highest BCUT2D eigenvalue weighted by atomic mass is 79.9. The van der Waals surface area contributed by atoms with Gasteiger partial charge in [-0.3, -0.25) is 46.8 Å². The van der Waals surface area contributed by atoms with Gasteiger partial charge in [0.15, 0.2) is 11.6 Å².